The zero-order chi connectivity index (χ0) is 23.8. The van der Waals surface area contributed by atoms with Crippen molar-refractivity contribution in [2.24, 2.45) is 0 Å². The third kappa shape index (κ3) is 6.32. The molecule has 1 aliphatic heterocycles. The normalized spacial score (nSPS) is 15.1. The number of carbonyl (C=O) groups is 2. The lowest BCUT2D eigenvalue weighted by atomic mass is 10.1. The second-order valence-corrected chi connectivity index (χ2v) is 8.91. The number of hydrogen-bond acceptors (Lipinski definition) is 6. The molecule has 34 heavy (non-hydrogen) atoms. The van der Waals surface area contributed by atoms with Crippen molar-refractivity contribution in [2.75, 3.05) is 13.2 Å². The van der Waals surface area contributed by atoms with Gasteiger partial charge in [0.2, 0.25) is 5.91 Å². The summed E-state index contributed by atoms with van der Waals surface area (Å²) in [5.41, 5.74) is 1.87. The lowest BCUT2D eigenvalue weighted by Crippen LogP contribution is -2.20. The Labute approximate surface area is 203 Å². The first-order valence-corrected chi connectivity index (χ1v) is 12.2. The van der Waals surface area contributed by atoms with Crippen LogP contribution >= 0.6 is 11.8 Å². The molecule has 0 saturated carbocycles. The van der Waals surface area contributed by atoms with Crippen molar-refractivity contribution in [3.05, 3.63) is 83.9 Å². The number of thioether (sulfide) groups is 1. The average molecular weight is 478 g/mol. The fraction of sp³-hybridized carbons (Fsp3) is 0.259. The van der Waals surface area contributed by atoms with Crippen molar-refractivity contribution in [1.82, 2.24) is 5.32 Å². The number of hydrogen-bond donors (Lipinski definition) is 1. The molecule has 2 amide bonds. The van der Waals surface area contributed by atoms with Crippen LogP contribution in [0.25, 0.3) is 0 Å². The van der Waals surface area contributed by atoms with E-state index in [1.165, 1.54) is 0 Å². The van der Waals surface area contributed by atoms with E-state index in [1.54, 1.807) is 0 Å². The molecule has 0 spiro atoms. The van der Waals surface area contributed by atoms with Crippen molar-refractivity contribution in [3.63, 3.8) is 0 Å². The Bertz CT molecular complexity index is 1130. The highest BCUT2D eigenvalue weighted by Crippen LogP contribution is 2.35. The minimum atomic E-state index is -0.523. The first kappa shape index (κ1) is 23.7. The smallest absolute Gasteiger partial charge is 0.286 e. The van der Waals surface area contributed by atoms with Crippen LogP contribution in [0.15, 0.2) is 72.8 Å². The number of nitrogens with one attached hydrogen (secondary N) is 1. The predicted octanol–water partition coefficient (Wildman–Crippen LogP) is 6.30. The molecule has 4 rings (SSSR count). The first-order valence-electron chi connectivity index (χ1n) is 11.4. The van der Waals surface area contributed by atoms with Gasteiger partial charge in [0, 0.05) is 6.42 Å². The Hall–Kier alpha value is -3.45. The van der Waals surface area contributed by atoms with Gasteiger partial charge in [-0.15, -0.1) is 0 Å². The van der Waals surface area contributed by atoms with E-state index in [1.807, 2.05) is 72.8 Å². The Morgan fingerprint density at radius 2 is 1.65 bits per heavy atom. The molecule has 0 radical (unpaired) electrons. The summed E-state index contributed by atoms with van der Waals surface area (Å²) in [5.74, 6) is 2.83. The molecule has 1 heterocycles. The van der Waals surface area contributed by atoms with Crippen LogP contribution in [0.2, 0.25) is 0 Å². The van der Waals surface area contributed by atoms with E-state index in [0.717, 1.165) is 53.0 Å². The van der Waals surface area contributed by atoms with Crippen molar-refractivity contribution in [2.45, 2.75) is 31.4 Å². The van der Waals surface area contributed by atoms with Crippen molar-refractivity contribution >= 4 is 22.9 Å². The molecule has 3 aromatic rings. The minimum absolute atomic E-state index is 0.288. The topological polar surface area (TPSA) is 73.9 Å². The molecule has 6 nitrogen and oxygen atoms in total. The van der Waals surface area contributed by atoms with Crippen LogP contribution in [0.4, 0.5) is 4.79 Å². The van der Waals surface area contributed by atoms with Crippen molar-refractivity contribution in [1.29, 1.82) is 0 Å². The second kappa shape index (κ2) is 11.6. The van der Waals surface area contributed by atoms with E-state index in [0.29, 0.717) is 25.4 Å². The van der Waals surface area contributed by atoms with E-state index in [-0.39, 0.29) is 11.1 Å². The third-order valence-corrected chi connectivity index (χ3v) is 6.23. The summed E-state index contributed by atoms with van der Waals surface area (Å²) in [6.07, 6.45) is 2.61. The number of aryl methyl sites for hydroxylation is 1. The lowest BCUT2D eigenvalue weighted by Gasteiger charge is -2.14. The average Bonchev–Trinajstić information content (AvgIpc) is 3.19. The van der Waals surface area contributed by atoms with E-state index in [9.17, 15) is 9.59 Å². The molecule has 1 aliphatic rings. The SMILES string of the molecule is CCCc1cc(Oc2ccccc2)ccc1OCCCOc1cccc([C@H]2SC(=O)NC2=O)c1. The van der Waals surface area contributed by atoms with Crippen LogP contribution in [-0.4, -0.2) is 24.4 Å². The highest BCUT2D eigenvalue weighted by atomic mass is 32.2. The van der Waals surface area contributed by atoms with Crippen LogP contribution in [-0.2, 0) is 11.2 Å². The molecular formula is C27H27NO5S. The summed E-state index contributed by atoms with van der Waals surface area (Å²) >= 11 is 0.987. The monoisotopic (exact) mass is 477 g/mol. The molecule has 1 saturated heterocycles. The molecule has 1 fully saturated rings. The Kier molecular flexibility index (Phi) is 8.09. The van der Waals surface area contributed by atoms with Gasteiger partial charge in [-0.3, -0.25) is 14.9 Å². The van der Waals surface area contributed by atoms with E-state index in [4.69, 9.17) is 14.2 Å². The zero-order valence-electron chi connectivity index (χ0n) is 19.0. The lowest BCUT2D eigenvalue weighted by molar-refractivity contribution is -0.119. The largest absolute Gasteiger partial charge is 0.493 e. The van der Waals surface area contributed by atoms with Crippen molar-refractivity contribution in [3.8, 4) is 23.0 Å². The van der Waals surface area contributed by atoms with Gasteiger partial charge in [0.05, 0.1) is 13.2 Å². The summed E-state index contributed by atoms with van der Waals surface area (Å²) in [6, 6.07) is 22.9. The van der Waals surface area contributed by atoms with Gasteiger partial charge in [-0.2, -0.15) is 0 Å². The molecule has 7 heteroatoms. The number of imide groups is 1. The van der Waals surface area contributed by atoms with Gasteiger partial charge < -0.3 is 14.2 Å². The van der Waals surface area contributed by atoms with E-state index in [2.05, 4.69) is 12.2 Å². The summed E-state index contributed by atoms with van der Waals surface area (Å²) in [7, 11) is 0. The molecule has 0 unspecified atom stereocenters. The number of rotatable bonds is 11. The Balaban J connectivity index is 1.28. The van der Waals surface area contributed by atoms with Crippen LogP contribution < -0.4 is 19.5 Å². The second-order valence-electron chi connectivity index (χ2n) is 7.83. The molecule has 1 N–H and O–H groups in total. The van der Waals surface area contributed by atoms with Crippen LogP contribution in [0, 0.1) is 0 Å². The number of amides is 2. The highest BCUT2D eigenvalue weighted by molar-refractivity contribution is 8.15. The molecule has 3 aromatic carbocycles. The maximum atomic E-state index is 11.9. The third-order valence-electron chi connectivity index (χ3n) is 5.19. The minimum Gasteiger partial charge on any atom is -0.493 e. The molecule has 0 aliphatic carbocycles. The number of para-hydroxylation sites is 1. The quantitative estimate of drug-likeness (QED) is 0.327. The molecule has 0 aromatic heterocycles. The van der Waals surface area contributed by atoms with E-state index < -0.39 is 5.25 Å². The maximum Gasteiger partial charge on any atom is 0.286 e. The van der Waals surface area contributed by atoms with Crippen LogP contribution in [0.3, 0.4) is 0 Å². The standard InChI is InChI=1S/C27H27NO5S/c1-2-8-19-17-23(33-21-10-4-3-5-11-21)13-14-24(19)32-16-7-15-31-22-12-6-9-20(18-22)25-26(29)28-27(30)34-25/h3-6,9-14,17-18,25H,2,7-8,15-16H2,1H3,(H,28,29,30)/t25-/m1/s1. The summed E-state index contributed by atoms with van der Waals surface area (Å²) in [5, 5.41) is 1.47. The number of benzene rings is 3. The summed E-state index contributed by atoms with van der Waals surface area (Å²) in [4.78, 5) is 23.3. The fourth-order valence-electron chi connectivity index (χ4n) is 3.62. The molecule has 1 atom stereocenters. The zero-order valence-corrected chi connectivity index (χ0v) is 19.8. The van der Waals surface area contributed by atoms with Gasteiger partial charge in [-0.25, -0.2) is 0 Å². The highest BCUT2D eigenvalue weighted by Gasteiger charge is 2.32. The van der Waals surface area contributed by atoms with Crippen molar-refractivity contribution < 1.29 is 23.8 Å². The van der Waals surface area contributed by atoms with Gasteiger partial charge in [0.25, 0.3) is 5.24 Å². The number of carbonyl (C=O) groups excluding carboxylic acids is 2. The van der Waals surface area contributed by atoms with Crippen LogP contribution in [0.5, 0.6) is 23.0 Å². The van der Waals surface area contributed by atoms with Gasteiger partial charge in [-0.05, 0) is 71.8 Å². The molecule has 0 bridgehead atoms. The molecule has 176 valence electrons. The van der Waals surface area contributed by atoms with Gasteiger partial charge in [0.15, 0.2) is 0 Å². The summed E-state index contributed by atoms with van der Waals surface area (Å²) < 4.78 is 17.8. The van der Waals surface area contributed by atoms with Crippen LogP contribution in [0.1, 0.15) is 36.1 Å². The predicted molar refractivity (Wildman–Crippen MR) is 133 cm³/mol. The maximum absolute atomic E-state index is 11.9. The Morgan fingerprint density at radius 1 is 0.853 bits per heavy atom. The number of ether oxygens (including phenoxy) is 3. The first-order chi connectivity index (χ1) is 16.6. The van der Waals surface area contributed by atoms with Gasteiger partial charge in [0.1, 0.15) is 28.2 Å². The fourth-order valence-corrected chi connectivity index (χ4v) is 4.45. The van der Waals surface area contributed by atoms with Gasteiger partial charge >= 0.3 is 0 Å². The Morgan fingerprint density at radius 3 is 2.41 bits per heavy atom. The van der Waals surface area contributed by atoms with E-state index >= 15 is 0 Å². The summed E-state index contributed by atoms with van der Waals surface area (Å²) in [6.45, 7) is 3.13. The molecular weight excluding hydrogens is 450 g/mol. The van der Waals surface area contributed by atoms with Gasteiger partial charge in [-0.1, -0.05) is 43.7 Å².